The van der Waals surface area contributed by atoms with E-state index in [1.807, 2.05) is 30.5 Å². The summed E-state index contributed by atoms with van der Waals surface area (Å²) >= 11 is 5.70. The van der Waals surface area contributed by atoms with Crippen LogP contribution in [0.15, 0.2) is 48.7 Å². The molecule has 1 aromatic heterocycles. The summed E-state index contributed by atoms with van der Waals surface area (Å²) in [5.74, 6) is -1.28. The molecule has 1 saturated heterocycles. The molecule has 1 atom stereocenters. The van der Waals surface area contributed by atoms with Crippen LogP contribution >= 0.6 is 11.6 Å². The van der Waals surface area contributed by atoms with Crippen molar-refractivity contribution < 1.29 is 18.8 Å². The highest BCUT2D eigenvalue weighted by atomic mass is 35.5. The Morgan fingerprint density at radius 2 is 2.00 bits per heavy atom. The molecule has 3 N–H and O–H groups in total. The van der Waals surface area contributed by atoms with Gasteiger partial charge in [-0.2, -0.15) is 0 Å². The first kappa shape index (κ1) is 20.9. The summed E-state index contributed by atoms with van der Waals surface area (Å²) in [6, 6.07) is 10.5. The van der Waals surface area contributed by atoms with Gasteiger partial charge in [0.15, 0.2) is 0 Å². The molecule has 160 valence electrons. The van der Waals surface area contributed by atoms with Crippen LogP contribution in [0.4, 0.5) is 14.9 Å². The van der Waals surface area contributed by atoms with Gasteiger partial charge in [0.05, 0.1) is 5.02 Å². The Labute approximate surface area is 182 Å². The molecular formula is C22H20ClFN4O3. The number of H-pyrrole nitrogens is 1. The van der Waals surface area contributed by atoms with Gasteiger partial charge >= 0.3 is 6.03 Å². The molecule has 9 heteroatoms. The van der Waals surface area contributed by atoms with Gasteiger partial charge in [0.25, 0.3) is 5.91 Å². The summed E-state index contributed by atoms with van der Waals surface area (Å²) in [5, 5.41) is 6.20. The number of aromatic nitrogens is 1. The summed E-state index contributed by atoms with van der Waals surface area (Å²) in [7, 11) is 0. The van der Waals surface area contributed by atoms with Crippen molar-refractivity contribution in [1.82, 2.24) is 15.2 Å². The SMILES string of the molecule is O=C(CC[C@@H]1NC(=O)N(CCc2c[nH]c3ccccc23)C1=O)Nc1ccc(F)c(Cl)c1. The lowest BCUT2D eigenvalue weighted by Gasteiger charge is -2.13. The van der Waals surface area contributed by atoms with Crippen molar-refractivity contribution in [2.45, 2.75) is 25.3 Å². The fourth-order valence-corrected chi connectivity index (χ4v) is 3.81. The highest BCUT2D eigenvalue weighted by Crippen LogP contribution is 2.21. The number of halogens is 2. The molecule has 0 spiro atoms. The fourth-order valence-electron chi connectivity index (χ4n) is 3.63. The lowest BCUT2D eigenvalue weighted by molar-refractivity contribution is -0.127. The summed E-state index contributed by atoms with van der Waals surface area (Å²) in [6.07, 6.45) is 2.59. The minimum atomic E-state index is -0.752. The van der Waals surface area contributed by atoms with Gasteiger partial charge < -0.3 is 15.6 Å². The third-order valence-corrected chi connectivity index (χ3v) is 5.54. The van der Waals surface area contributed by atoms with Gasteiger partial charge in [-0.1, -0.05) is 29.8 Å². The number of anilines is 1. The van der Waals surface area contributed by atoms with Crippen molar-refractivity contribution in [3.8, 4) is 0 Å². The highest BCUT2D eigenvalue weighted by Gasteiger charge is 2.37. The van der Waals surface area contributed by atoms with Gasteiger partial charge in [0.1, 0.15) is 11.9 Å². The standard InChI is InChI=1S/C22H20ClFN4O3/c23-16-11-14(5-6-17(16)24)26-20(29)8-7-19-21(30)28(22(31)27-19)10-9-13-12-25-18-4-2-1-3-15(13)18/h1-6,11-12,19,25H,7-10H2,(H,26,29)(H,27,31)/t19-/m0/s1. The number of nitrogens with zero attached hydrogens (tertiary/aromatic N) is 1. The third-order valence-electron chi connectivity index (χ3n) is 5.25. The van der Waals surface area contributed by atoms with E-state index in [-0.39, 0.29) is 36.2 Å². The molecule has 2 heterocycles. The minimum Gasteiger partial charge on any atom is -0.361 e. The molecule has 31 heavy (non-hydrogen) atoms. The lowest BCUT2D eigenvalue weighted by atomic mass is 10.1. The number of aromatic amines is 1. The number of urea groups is 1. The van der Waals surface area contributed by atoms with E-state index in [0.717, 1.165) is 22.5 Å². The van der Waals surface area contributed by atoms with Gasteiger partial charge in [-0.05, 0) is 42.7 Å². The van der Waals surface area contributed by atoms with Crippen molar-refractivity contribution in [2.75, 3.05) is 11.9 Å². The Bertz CT molecular complexity index is 1160. The molecule has 0 aliphatic carbocycles. The van der Waals surface area contributed by atoms with E-state index in [0.29, 0.717) is 12.1 Å². The second-order valence-electron chi connectivity index (χ2n) is 7.32. The predicted molar refractivity (Wildman–Crippen MR) is 115 cm³/mol. The topological polar surface area (TPSA) is 94.3 Å². The number of carbonyl (C=O) groups excluding carboxylic acids is 3. The number of rotatable bonds is 7. The molecule has 0 unspecified atom stereocenters. The van der Waals surface area contributed by atoms with E-state index in [1.165, 1.54) is 17.0 Å². The number of nitrogens with one attached hydrogen (secondary N) is 3. The van der Waals surface area contributed by atoms with E-state index in [1.54, 1.807) is 0 Å². The Morgan fingerprint density at radius 3 is 2.81 bits per heavy atom. The number of benzene rings is 2. The molecule has 0 bridgehead atoms. The average Bonchev–Trinajstić information content (AvgIpc) is 3.28. The second kappa shape index (κ2) is 8.77. The molecular weight excluding hydrogens is 423 g/mol. The van der Waals surface area contributed by atoms with Gasteiger partial charge in [0, 0.05) is 35.8 Å². The molecule has 4 rings (SSSR count). The third kappa shape index (κ3) is 4.54. The molecule has 0 saturated carbocycles. The molecule has 0 radical (unpaired) electrons. The van der Waals surface area contributed by atoms with Gasteiger partial charge in [0.2, 0.25) is 5.91 Å². The maximum absolute atomic E-state index is 13.2. The molecule has 4 amide bonds. The van der Waals surface area contributed by atoms with Gasteiger partial charge in [-0.25, -0.2) is 9.18 Å². The van der Waals surface area contributed by atoms with Crippen molar-refractivity contribution in [1.29, 1.82) is 0 Å². The normalized spacial score (nSPS) is 16.1. The predicted octanol–water partition coefficient (Wildman–Crippen LogP) is 3.84. The number of imide groups is 1. The first-order chi connectivity index (χ1) is 14.9. The Hall–Kier alpha value is -3.39. The minimum absolute atomic E-state index is 0.0158. The quantitative estimate of drug-likeness (QED) is 0.485. The Kier molecular flexibility index (Phi) is 5.90. The first-order valence-corrected chi connectivity index (χ1v) is 10.2. The Balaban J connectivity index is 1.30. The Morgan fingerprint density at radius 1 is 1.19 bits per heavy atom. The zero-order valence-corrected chi connectivity index (χ0v) is 17.2. The first-order valence-electron chi connectivity index (χ1n) is 9.84. The summed E-state index contributed by atoms with van der Waals surface area (Å²) in [5.41, 5.74) is 2.39. The van der Waals surface area contributed by atoms with Crippen molar-refractivity contribution in [3.05, 3.63) is 65.1 Å². The maximum atomic E-state index is 13.2. The number of hydrogen-bond acceptors (Lipinski definition) is 3. The van der Waals surface area contributed by atoms with Crippen LogP contribution in [0.1, 0.15) is 18.4 Å². The highest BCUT2D eigenvalue weighted by molar-refractivity contribution is 6.31. The average molecular weight is 443 g/mol. The molecule has 1 aliphatic rings. The van der Waals surface area contributed by atoms with Crippen LogP contribution in [0.3, 0.4) is 0 Å². The van der Waals surface area contributed by atoms with Crippen LogP contribution in [0, 0.1) is 5.82 Å². The second-order valence-corrected chi connectivity index (χ2v) is 7.72. The number of hydrogen-bond donors (Lipinski definition) is 3. The van der Waals surface area contributed by atoms with Crippen LogP contribution in [0.5, 0.6) is 0 Å². The summed E-state index contributed by atoms with van der Waals surface area (Å²) in [4.78, 5) is 41.4. The van der Waals surface area contributed by atoms with E-state index < -0.39 is 17.9 Å². The van der Waals surface area contributed by atoms with E-state index in [4.69, 9.17) is 11.6 Å². The van der Waals surface area contributed by atoms with Crippen LogP contribution in [0.25, 0.3) is 10.9 Å². The van der Waals surface area contributed by atoms with Gasteiger partial charge in [-0.3, -0.25) is 14.5 Å². The molecule has 3 aromatic rings. The summed E-state index contributed by atoms with van der Waals surface area (Å²) < 4.78 is 13.2. The number of para-hydroxylation sites is 1. The van der Waals surface area contributed by atoms with E-state index >= 15 is 0 Å². The molecule has 7 nitrogen and oxygen atoms in total. The number of carbonyl (C=O) groups is 3. The van der Waals surface area contributed by atoms with Crippen LogP contribution < -0.4 is 10.6 Å². The van der Waals surface area contributed by atoms with Crippen molar-refractivity contribution in [2.24, 2.45) is 0 Å². The largest absolute Gasteiger partial charge is 0.361 e. The van der Waals surface area contributed by atoms with E-state index in [9.17, 15) is 18.8 Å². The van der Waals surface area contributed by atoms with Crippen LogP contribution in [-0.2, 0) is 16.0 Å². The molecule has 1 aliphatic heterocycles. The molecule has 2 aromatic carbocycles. The monoisotopic (exact) mass is 442 g/mol. The number of amides is 4. The van der Waals surface area contributed by atoms with Crippen LogP contribution in [-0.4, -0.2) is 40.3 Å². The maximum Gasteiger partial charge on any atom is 0.324 e. The van der Waals surface area contributed by atoms with Crippen molar-refractivity contribution >= 4 is 46.0 Å². The van der Waals surface area contributed by atoms with E-state index in [2.05, 4.69) is 15.6 Å². The number of fused-ring (bicyclic) bond motifs is 1. The summed E-state index contributed by atoms with van der Waals surface area (Å²) in [6.45, 7) is 0.253. The van der Waals surface area contributed by atoms with Gasteiger partial charge in [-0.15, -0.1) is 0 Å². The molecule has 1 fully saturated rings. The van der Waals surface area contributed by atoms with Crippen molar-refractivity contribution in [3.63, 3.8) is 0 Å². The lowest BCUT2D eigenvalue weighted by Crippen LogP contribution is -2.33. The fraction of sp³-hybridized carbons (Fsp3) is 0.227. The zero-order chi connectivity index (χ0) is 22.0. The van der Waals surface area contributed by atoms with Crippen LogP contribution in [0.2, 0.25) is 5.02 Å². The smallest absolute Gasteiger partial charge is 0.324 e. The zero-order valence-electron chi connectivity index (χ0n) is 16.5.